The molecule has 1 unspecified atom stereocenters. The van der Waals surface area contributed by atoms with Crippen molar-refractivity contribution in [1.29, 1.82) is 0 Å². The minimum absolute atomic E-state index is 0.121. The van der Waals surface area contributed by atoms with Crippen molar-refractivity contribution in [2.24, 2.45) is 0 Å². The molecule has 19 heavy (non-hydrogen) atoms. The maximum absolute atomic E-state index is 6.03. The van der Waals surface area contributed by atoms with Gasteiger partial charge in [-0.05, 0) is 57.0 Å². The van der Waals surface area contributed by atoms with Gasteiger partial charge in [0.1, 0.15) is 11.3 Å². The SMILES string of the molecule is CCNC(c1ccsc1)c1cc2cccc(Br)c2o1. The molecule has 0 saturated heterocycles. The number of para-hydroxylation sites is 1. The molecule has 0 aliphatic rings. The number of fused-ring (bicyclic) bond motifs is 1. The van der Waals surface area contributed by atoms with E-state index in [0.717, 1.165) is 27.7 Å². The largest absolute Gasteiger partial charge is 0.458 e. The van der Waals surface area contributed by atoms with Gasteiger partial charge in [0.2, 0.25) is 0 Å². The number of nitrogens with one attached hydrogen (secondary N) is 1. The Hall–Kier alpha value is -1.10. The van der Waals surface area contributed by atoms with Gasteiger partial charge in [0.25, 0.3) is 0 Å². The number of benzene rings is 1. The lowest BCUT2D eigenvalue weighted by Crippen LogP contribution is -2.20. The van der Waals surface area contributed by atoms with E-state index in [-0.39, 0.29) is 6.04 Å². The zero-order valence-electron chi connectivity index (χ0n) is 10.5. The van der Waals surface area contributed by atoms with Crippen molar-refractivity contribution in [3.8, 4) is 0 Å². The second-order valence-corrected chi connectivity index (χ2v) is 5.99. The Morgan fingerprint density at radius 3 is 2.95 bits per heavy atom. The molecule has 98 valence electrons. The molecule has 1 atom stereocenters. The molecule has 0 amide bonds. The average molecular weight is 336 g/mol. The third-order valence-electron chi connectivity index (χ3n) is 3.08. The first-order chi connectivity index (χ1) is 9.29. The molecule has 0 aliphatic carbocycles. The van der Waals surface area contributed by atoms with Crippen molar-refractivity contribution in [2.75, 3.05) is 6.54 Å². The van der Waals surface area contributed by atoms with Gasteiger partial charge in [-0.1, -0.05) is 19.1 Å². The highest BCUT2D eigenvalue weighted by Crippen LogP contribution is 2.32. The molecule has 2 heterocycles. The Morgan fingerprint density at radius 2 is 2.26 bits per heavy atom. The predicted octanol–water partition coefficient (Wildman–Crippen LogP) is 4.96. The summed E-state index contributed by atoms with van der Waals surface area (Å²) in [7, 11) is 0. The second kappa shape index (κ2) is 5.49. The van der Waals surface area contributed by atoms with Crippen LogP contribution in [0.1, 0.15) is 24.3 Å². The fourth-order valence-electron chi connectivity index (χ4n) is 2.22. The summed E-state index contributed by atoms with van der Waals surface area (Å²) < 4.78 is 7.03. The van der Waals surface area contributed by atoms with Gasteiger partial charge < -0.3 is 9.73 Å². The maximum Gasteiger partial charge on any atom is 0.148 e. The fourth-order valence-corrected chi connectivity index (χ4v) is 3.36. The van der Waals surface area contributed by atoms with Crippen LogP contribution in [0.4, 0.5) is 0 Å². The van der Waals surface area contributed by atoms with Crippen LogP contribution in [0.15, 0.2) is 50.0 Å². The van der Waals surface area contributed by atoms with E-state index in [2.05, 4.69) is 57.1 Å². The molecular formula is C15H14BrNOS. The van der Waals surface area contributed by atoms with E-state index in [1.165, 1.54) is 5.56 Å². The first-order valence-corrected chi connectivity index (χ1v) is 7.96. The van der Waals surface area contributed by atoms with Crippen LogP contribution in [-0.2, 0) is 0 Å². The van der Waals surface area contributed by atoms with Crippen molar-refractivity contribution < 1.29 is 4.42 Å². The van der Waals surface area contributed by atoms with Crippen LogP contribution < -0.4 is 5.32 Å². The molecule has 0 saturated carbocycles. The van der Waals surface area contributed by atoms with E-state index in [9.17, 15) is 0 Å². The van der Waals surface area contributed by atoms with Crippen LogP contribution in [-0.4, -0.2) is 6.54 Å². The third-order valence-corrected chi connectivity index (χ3v) is 4.41. The summed E-state index contributed by atoms with van der Waals surface area (Å²) in [6.07, 6.45) is 0. The number of thiophene rings is 1. The molecule has 4 heteroatoms. The van der Waals surface area contributed by atoms with Crippen LogP contribution in [0, 0.1) is 0 Å². The quantitative estimate of drug-likeness (QED) is 0.729. The fraction of sp³-hybridized carbons (Fsp3) is 0.200. The van der Waals surface area contributed by atoms with Crippen molar-refractivity contribution in [2.45, 2.75) is 13.0 Å². The van der Waals surface area contributed by atoms with Crippen LogP contribution >= 0.6 is 27.3 Å². The van der Waals surface area contributed by atoms with E-state index in [1.807, 2.05) is 12.1 Å². The molecule has 3 rings (SSSR count). The number of rotatable bonds is 4. The van der Waals surface area contributed by atoms with Gasteiger partial charge in [-0.2, -0.15) is 11.3 Å². The zero-order valence-corrected chi connectivity index (χ0v) is 12.9. The summed E-state index contributed by atoms with van der Waals surface area (Å²) in [6, 6.07) is 10.5. The van der Waals surface area contributed by atoms with E-state index in [1.54, 1.807) is 11.3 Å². The zero-order chi connectivity index (χ0) is 13.2. The molecule has 1 N–H and O–H groups in total. The van der Waals surface area contributed by atoms with Gasteiger partial charge in [0, 0.05) is 5.39 Å². The Bertz CT molecular complexity index is 675. The highest BCUT2D eigenvalue weighted by Gasteiger charge is 2.18. The van der Waals surface area contributed by atoms with Crippen LogP contribution in [0.5, 0.6) is 0 Å². The molecule has 2 aromatic heterocycles. The van der Waals surface area contributed by atoms with Crippen molar-refractivity contribution in [3.63, 3.8) is 0 Å². The molecule has 0 bridgehead atoms. The number of halogens is 1. The minimum Gasteiger partial charge on any atom is -0.458 e. The number of furan rings is 1. The van der Waals surface area contributed by atoms with Gasteiger partial charge in [-0.25, -0.2) is 0 Å². The summed E-state index contributed by atoms with van der Waals surface area (Å²) >= 11 is 5.24. The molecule has 0 fully saturated rings. The van der Waals surface area contributed by atoms with Crippen LogP contribution in [0.3, 0.4) is 0 Å². The molecule has 0 radical (unpaired) electrons. The normalized spacial score (nSPS) is 12.9. The highest BCUT2D eigenvalue weighted by molar-refractivity contribution is 9.10. The average Bonchev–Trinajstić information content (AvgIpc) is 3.05. The lowest BCUT2D eigenvalue weighted by atomic mass is 10.1. The van der Waals surface area contributed by atoms with Gasteiger partial charge in [0.15, 0.2) is 0 Å². The first-order valence-electron chi connectivity index (χ1n) is 6.23. The third kappa shape index (κ3) is 2.48. The van der Waals surface area contributed by atoms with Gasteiger partial charge in [-0.3, -0.25) is 0 Å². The molecular weight excluding hydrogens is 322 g/mol. The Labute approximate surface area is 124 Å². The number of hydrogen-bond acceptors (Lipinski definition) is 3. The maximum atomic E-state index is 6.03. The van der Waals surface area contributed by atoms with E-state index in [4.69, 9.17) is 4.42 Å². The molecule has 0 aliphatic heterocycles. The van der Waals surface area contributed by atoms with Gasteiger partial charge in [0.05, 0.1) is 10.5 Å². The Morgan fingerprint density at radius 1 is 1.37 bits per heavy atom. The topological polar surface area (TPSA) is 25.2 Å². The van der Waals surface area contributed by atoms with Crippen LogP contribution in [0.2, 0.25) is 0 Å². The molecule has 3 aromatic rings. The molecule has 2 nitrogen and oxygen atoms in total. The molecule has 0 spiro atoms. The van der Waals surface area contributed by atoms with E-state index < -0.39 is 0 Å². The lowest BCUT2D eigenvalue weighted by Gasteiger charge is -2.13. The predicted molar refractivity (Wildman–Crippen MR) is 83.8 cm³/mol. The highest BCUT2D eigenvalue weighted by atomic mass is 79.9. The first kappa shape index (κ1) is 12.9. The molecule has 1 aromatic carbocycles. The van der Waals surface area contributed by atoms with Gasteiger partial charge in [-0.15, -0.1) is 0 Å². The second-order valence-electron chi connectivity index (χ2n) is 4.35. The summed E-state index contributed by atoms with van der Waals surface area (Å²) in [4.78, 5) is 0. The van der Waals surface area contributed by atoms with E-state index in [0.29, 0.717) is 0 Å². The Kier molecular flexibility index (Phi) is 3.73. The summed E-state index contributed by atoms with van der Waals surface area (Å²) in [5.41, 5.74) is 2.16. The van der Waals surface area contributed by atoms with Crippen LogP contribution in [0.25, 0.3) is 11.0 Å². The monoisotopic (exact) mass is 335 g/mol. The summed E-state index contributed by atoms with van der Waals surface area (Å²) in [6.45, 7) is 3.01. The summed E-state index contributed by atoms with van der Waals surface area (Å²) in [5, 5.41) is 8.86. The lowest BCUT2D eigenvalue weighted by molar-refractivity contribution is 0.477. The van der Waals surface area contributed by atoms with Crippen molar-refractivity contribution >= 4 is 38.2 Å². The standard InChI is InChI=1S/C15H14BrNOS/c1-2-17-14(11-6-7-19-9-11)13-8-10-4-3-5-12(16)15(10)18-13/h3-9,14,17H,2H2,1H3. The van der Waals surface area contributed by atoms with Gasteiger partial charge >= 0.3 is 0 Å². The smallest absolute Gasteiger partial charge is 0.148 e. The van der Waals surface area contributed by atoms with E-state index >= 15 is 0 Å². The van der Waals surface area contributed by atoms with Crippen molar-refractivity contribution in [1.82, 2.24) is 5.32 Å². The minimum atomic E-state index is 0.121. The number of hydrogen-bond donors (Lipinski definition) is 1. The summed E-state index contributed by atoms with van der Waals surface area (Å²) in [5.74, 6) is 0.960. The Balaban J connectivity index is 2.08. The van der Waals surface area contributed by atoms with Crippen molar-refractivity contribution in [3.05, 3.63) is 56.9 Å².